The fraction of sp³-hybridized carbons (Fsp3) is 0.0870. The van der Waals surface area contributed by atoms with E-state index in [1.807, 2.05) is 19.1 Å². The van der Waals surface area contributed by atoms with Gasteiger partial charge in [-0.3, -0.25) is 14.5 Å². The van der Waals surface area contributed by atoms with E-state index in [0.717, 1.165) is 9.87 Å². The molecule has 0 aliphatic carbocycles. The zero-order valence-corrected chi connectivity index (χ0v) is 19.0. The molecule has 34 heavy (non-hydrogen) atoms. The number of benzene rings is 3. The number of nitro groups is 1. The lowest BCUT2D eigenvalue weighted by atomic mass is 10.2. The van der Waals surface area contributed by atoms with Crippen molar-refractivity contribution in [2.45, 2.75) is 11.8 Å². The maximum atomic E-state index is 13.4. The molecule has 0 amide bonds. The molecule has 0 unspecified atom stereocenters. The summed E-state index contributed by atoms with van der Waals surface area (Å²) in [7, 11) is -2.50. The van der Waals surface area contributed by atoms with E-state index in [0.29, 0.717) is 22.4 Å². The van der Waals surface area contributed by atoms with E-state index in [4.69, 9.17) is 0 Å². The van der Waals surface area contributed by atoms with Crippen molar-refractivity contribution in [3.63, 3.8) is 0 Å². The minimum absolute atomic E-state index is 0.0475. The molecule has 0 aliphatic rings. The van der Waals surface area contributed by atoms with Crippen LogP contribution < -0.4 is 4.31 Å². The van der Waals surface area contributed by atoms with E-state index in [-0.39, 0.29) is 22.0 Å². The van der Waals surface area contributed by atoms with Crippen molar-refractivity contribution in [3.8, 4) is 11.4 Å². The maximum absolute atomic E-state index is 13.4. The summed E-state index contributed by atoms with van der Waals surface area (Å²) < 4.78 is 29.5. The Labute approximate surface area is 194 Å². The van der Waals surface area contributed by atoms with Crippen molar-refractivity contribution in [2.24, 2.45) is 0 Å². The minimum Gasteiger partial charge on any atom is -0.270 e. The molecule has 3 aromatic carbocycles. The molecule has 0 fully saturated rings. The average molecular weight is 475 g/mol. The van der Waals surface area contributed by atoms with Gasteiger partial charge in [0.25, 0.3) is 15.7 Å². The first kappa shape index (κ1) is 21.5. The normalized spacial score (nSPS) is 11.7. The van der Waals surface area contributed by atoms with Gasteiger partial charge in [0.05, 0.1) is 20.9 Å². The molecule has 0 N–H and O–H groups in total. The summed E-state index contributed by atoms with van der Waals surface area (Å²) in [6, 6.07) is 19.7. The van der Waals surface area contributed by atoms with Crippen molar-refractivity contribution >= 4 is 38.2 Å². The molecular formula is C23H18N6O4S. The number of aryl methyl sites for hydroxylation is 1. The number of non-ortho nitro benzene ring substituents is 1. The maximum Gasteiger partial charge on any atom is 0.269 e. The molecule has 2 aromatic heterocycles. The third-order valence-electron chi connectivity index (χ3n) is 5.53. The first-order valence-electron chi connectivity index (χ1n) is 10.2. The first-order chi connectivity index (χ1) is 16.3. The standard InChI is InChI=1S/C23H18N6O4S/c1-15-7-13-18(14-8-15)34(32,33)27(2)22-23-26-25-21(16-9-11-17(12-10-16)29(30)31)28(23)20-6-4-3-5-19(20)24-22/h3-14H,1-2H3. The fourth-order valence-electron chi connectivity index (χ4n) is 3.68. The summed E-state index contributed by atoms with van der Waals surface area (Å²) in [6.07, 6.45) is 0. The number of anilines is 1. The SMILES string of the molecule is Cc1ccc(S(=O)(=O)N(C)c2nc3ccccc3n3c(-c4ccc([N+](=O)[O-])cc4)nnc23)cc1. The monoisotopic (exact) mass is 474 g/mol. The zero-order chi connectivity index (χ0) is 24.0. The van der Waals surface area contributed by atoms with Gasteiger partial charge < -0.3 is 0 Å². The Balaban J connectivity index is 1.73. The summed E-state index contributed by atoms with van der Waals surface area (Å²) in [5.41, 5.74) is 2.93. The highest BCUT2D eigenvalue weighted by Gasteiger charge is 2.27. The van der Waals surface area contributed by atoms with Gasteiger partial charge >= 0.3 is 0 Å². The van der Waals surface area contributed by atoms with E-state index in [1.165, 1.54) is 19.2 Å². The van der Waals surface area contributed by atoms with Crippen LogP contribution in [-0.4, -0.2) is 40.0 Å². The second kappa shape index (κ2) is 7.89. The van der Waals surface area contributed by atoms with Crippen LogP contribution in [0.1, 0.15) is 5.56 Å². The number of nitro benzene ring substituents is 1. The van der Waals surface area contributed by atoms with Gasteiger partial charge in [-0.05, 0) is 43.3 Å². The van der Waals surface area contributed by atoms with Crippen LogP contribution in [-0.2, 0) is 10.0 Å². The van der Waals surface area contributed by atoms with Gasteiger partial charge in [-0.1, -0.05) is 29.8 Å². The average Bonchev–Trinajstić information content (AvgIpc) is 3.29. The predicted octanol–water partition coefficient (Wildman–Crippen LogP) is 3.99. The second-order valence-corrected chi connectivity index (χ2v) is 9.67. The molecule has 0 radical (unpaired) electrons. The van der Waals surface area contributed by atoms with E-state index >= 15 is 0 Å². The van der Waals surface area contributed by atoms with Crippen molar-refractivity contribution in [2.75, 3.05) is 11.4 Å². The Morgan fingerprint density at radius 3 is 2.29 bits per heavy atom. The summed E-state index contributed by atoms with van der Waals surface area (Å²) in [6.45, 7) is 1.88. The van der Waals surface area contributed by atoms with Crippen LogP contribution in [0.25, 0.3) is 28.1 Å². The Morgan fingerprint density at radius 2 is 1.62 bits per heavy atom. The van der Waals surface area contributed by atoms with Crippen molar-refractivity contribution < 1.29 is 13.3 Å². The number of para-hydroxylation sites is 2. The van der Waals surface area contributed by atoms with Gasteiger partial charge in [0.15, 0.2) is 11.6 Å². The van der Waals surface area contributed by atoms with Gasteiger partial charge in [0, 0.05) is 24.7 Å². The highest BCUT2D eigenvalue weighted by Crippen LogP contribution is 2.31. The molecule has 10 nitrogen and oxygen atoms in total. The molecule has 0 bridgehead atoms. The molecule has 0 spiro atoms. The third-order valence-corrected chi connectivity index (χ3v) is 7.29. The molecular weight excluding hydrogens is 456 g/mol. The van der Waals surface area contributed by atoms with Crippen LogP contribution in [0, 0.1) is 17.0 Å². The van der Waals surface area contributed by atoms with E-state index in [2.05, 4.69) is 15.2 Å². The van der Waals surface area contributed by atoms with Gasteiger partial charge in [-0.15, -0.1) is 10.2 Å². The highest BCUT2D eigenvalue weighted by atomic mass is 32.2. The number of rotatable bonds is 5. The van der Waals surface area contributed by atoms with Crippen LogP contribution in [0.15, 0.2) is 77.7 Å². The Morgan fingerprint density at radius 1 is 0.941 bits per heavy atom. The molecule has 5 aromatic rings. The number of nitrogens with zero attached hydrogens (tertiary/aromatic N) is 6. The van der Waals surface area contributed by atoms with Gasteiger partial charge in [-0.25, -0.2) is 17.7 Å². The molecule has 0 saturated heterocycles. The summed E-state index contributed by atoms with van der Waals surface area (Å²) in [5.74, 6) is 0.519. The van der Waals surface area contributed by atoms with Crippen LogP contribution in [0.5, 0.6) is 0 Å². The van der Waals surface area contributed by atoms with E-state index in [1.54, 1.807) is 52.9 Å². The number of hydrogen-bond donors (Lipinski definition) is 0. The van der Waals surface area contributed by atoms with Gasteiger partial charge in [-0.2, -0.15) is 0 Å². The summed E-state index contributed by atoms with van der Waals surface area (Å²) >= 11 is 0. The smallest absolute Gasteiger partial charge is 0.269 e. The number of fused-ring (bicyclic) bond motifs is 3. The third kappa shape index (κ3) is 3.42. The number of hydrogen-bond acceptors (Lipinski definition) is 7. The lowest BCUT2D eigenvalue weighted by Crippen LogP contribution is -2.28. The van der Waals surface area contributed by atoms with E-state index in [9.17, 15) is 18.5 Å². The number of sulfonamides is 1. The molecule has 0 aliphatic heterocycles. The first-order valence-corrected chi connectivity index (χ1v) is 11.7. The summed E-state index contributed by atoms with van der Waals surface area (Å²) in [5, 5.41) is 19.6. The summed E-state index contributed by atoms with van der Waals surface area (Å²) in [4.78, 5) is 15.3. The topological polar surface area (TPSA) is 124 Å². The minimum atomic E-state index is -3.92. The van der Waals surface area contributed by atoms with Gasteiger partial charge in [0.2, 0.25) is 5.65 Å². The Kier molecular flexibility index (Phi) is 4.98. The Bertz CT molecular complexity index is 1660. The van der Waals surface area contributed by atoms with Crippen molar-refractivity contribution in [1.29, 1.82) is 0 Å². The molecule has 0 saturated carbocycles. The molecule has 11 heteroatoms. The number of aromatic nitrogens is 4. The Hall–Kier alpha value is -4.38. The van der Waals surface area contributed by atoms with Crippen LogP contribution in [0.4, 0.5) is 11.5 Å². The molecule has 2 heterocycles. The quantitative estimate of drug-likeness (QED) is 0.279. The lowest BCUT2D eigenvalue weighted by molar-refractivity contribution is -0.384. The van der Waals surface area contributed by atoms with Crippen molar-refractivity contribution in [1.82, 2.24) is 19.6 Å². The van der Waals surface area contributed by atoms with Gasteiger partial charge in [0.1, 0.15) is 0 Å². The van der Waals surface area contributed by atoms with Crippen LogP contribution in [0.2, 0.25) is 0 Å². The van der Waals surface area contributed by atoms with Crippen LogP contribution in [0.3, 0.4) is 0 Å². The second-order valence-electron chi connectivity index (χ2n) is 7.70. The largest absolute Gasteiger partial charge is 0.270 e. The lowest BCUT2D eigenvalue weighted by Gasteiger charge is -2.20. The zero-order valence-electron chi connectivity index (χ0n) is 18.2. The van der Waals surface area contributed by atoms with E-state index < -0.39 is 14.9 Å². The van der Waals surface area contributed by atoms with Crippen molar-refractivity contribution in [3.05, 3.63) is 88.5 Å². The highest BCUT2D eigenvalue weighted by molar-refractivity contribution is 7.92. The predicted molar refractivity (Wildman–Crippen MR) is 127 cm³/mol. The molecule has 0 atom stereocenters. The fourth-order valence-corrected chi connectivity index (χ4v) is 4.83. The molecule has 170 valence electrons. The van der Waals surface area contributed by atoms with Crippen LogP contribution >= 0.6 is 0 Å². The molecule has 5 rings (SSSR count).